The lowest BCUT2D eigenvalue weighted by atomic mass is 9.92. The molecule has 2 atom stereocenters. The molecule has 0 aromatic carbocycles. The van der Waals surface area contributed by atoms with Gasteiger partial charge in [0, 0.05) is 26.4 Å². The molecule has 1 aliphatic heterocycles. The van der Waals surface area contributed by atoms with E-state index in [0.29, 0.717) is 12.0 Å². The quantitative estimate of drug-likeness (QED) is 0.513. The minimum Gasteiger partial charge on any atom is -0.381 e. The van der Waals surface area contributed by atoms with Crippen LogP contribution in [0.4, 0.5) is 0 Å². The average molecular weight is 230 g/mol. The van der Waals surface area contributed by atoms with Crippen LogP contribution in [0.25, 0.3) is 0 Å². The molecule has 0 aromatic heterocycles. The van der Waals surface area contributed by atoms with Gasteiger partial charge in [-0.3, -0.25) is 11.3 Å². The molecule has 16 heavy (non-hydrogen) atoms. The van der Waals surface area contributed by atoms with Crippen LogP contribution in [-0.2, 0) is 9.47 Å². The molecule has 0 radical (unpaired) electrons. The fourth-order valence-corrected chi connectivity index (χ4v) is 2.06. The first-order valence-electron chi connectivity index (χ1n) is 6.16. The molecule has 3 N–H and O–H groups in total. The molecule has 2 unspecified atom stereocenters. The molecule has 1 saturated heterocycles. The fourth-order valence-electron chi connectivity index (χ4n) is 2.06. The van der Waals surface area contributed by atoms with E-state index >= 15 is 0 Å². The SMILES string of the molecule is COC(C)(C)CCC(CC1CCOC1)NN. The van der Waals surface area contributed by atoms with Crippen molar-refractivity contribution in [2.24, 2.45) is 11.8 Å². The Balaban J connectivity index is 2.25. The molecule has 0 amide bonds. The summed E-state index contributed by atoms with van der Waals surface area (Å²) in [7, 11) is 1.76. The molecule has 0 aromatic rings. The highest BCUT2D eigenvalue weighted by Gasteiger charge is 2.23. The third-order valence-electron chi connectivity index (χ3n) is 3.52. The van der Waals surface area contributed by atoms with E-state index in [0.717, 1.165) is 32.5 Å². The van der Waals surface area contributed by atoms with Crippen LogP contribution in [0.1, 0.15) is 39.5 Å². The van der Waals surface area contributed by atoms with Crippen molar-refractivity contribution in [3.8, 4) is 0 Å². The van der Waals surface area contributed by atoms with Crippen molar-refractivity contribution in [3.05, 3.63) is 0 Å². The lowest BCUT2D eigenvalue weighted by molar-refractivity contribution is 0.0111. The molecule has 1 aliphatic rings. The number of methoxy groups -OCH3 is 1. The Labute approximate surface area is 98.8 Å². The summed E-state index contributed by atoms with van der Waals surface area (Å²) in [5.41, 5.74) is 2.86. The van der Waals surface area contributed by atoms with E-state index in [1.807, 2.05) is 0 Å². The molecular weight excluding hydrogens is 204 g/mol. The fraction of sp³-hybridized carbons (Fsp3) is 1.00. The number of nitrogens with two attached hydrogens (primary N) is 1. The van der Waals surface area contributed by atoms with Crippen molar-refractivity contribution in [2.75, 3.05) is 20.3 Å². The smallest absolute Gasteiger partial charge is 0.0623 e. The molecule has 0 aliphatic carbocycles. The molecule has 1 heterocycles. The average Bonchev–Trinajstić information content (AvgIpc) is 2.77. The molecule has 4 heteroatoms. The third-order valence-corrected chi connectivity index (χ3v) is 3.52. The molecule has 0 saturated carbocycles. The Hall–Kier alpha value is -0.160. The van der Waals surface area contributed by atoms with Gasteiger partial charge in [-0.15, -0.1) is 0 Å². The lowest BCUT2D eigenvalue weighted by Crippen LogP contribution is -2.38. The Morgan fingerprint density at radius 3 is 2.81 bits per heavy atom. The normalized spacial score (nSPS) is 23.6. The van der Waals surface area contributed by atoms with Crippen LogP contribution in [-0.4, -0.2) is 32.0 Å². The van der Waals surface area contributed by atoms with Gasteiger partial charge in [0.2, 0.25) is 0 Å². The minimum absolute atomic E-state index is 0.0543. The van der Waals surface area contributed by atoms with E-state index in [9.17, 15) is 0 Å². The molecule has 4 nitrogen and oxygen atoms in total. The highest BCUT2D eigenvalue weighted by molar-refractivity contribution is 4.77. The summed E-state index contributed by atoms with van der Waals surface area (Å²) in [5.74, 6) is 6.26. The van der Waals surface area contributed by atoms with Crippen LogP contribution >= 0.6 is 0 Å². The molecule has 1 rings (SSSR count). The van der Waals surface area contributed by atoms with Gasteiger partial charge in [0.25, 0.3) is 0 Å². The summed E-state index contributed by atoms with van der Waals surface area (Å²) in [6.07, 6.45) is 4.35. The number of ether oxygens (including phenoxy) is 2. The van der Waals surface area contributed by atoms with Crippen LogP contribution in [0.3, 0.4) is 0 Å². The number of rotatable bonds is 7. The van der Waals surface area contributed by atoms with Gasteiger partial charge in [-0.25, -0.2) is 0 Å². The first kappa shape index (κ1) is 13.9. The number of hydrazine groups is 1. The summed E-state index contributed by atoms with van der Waals surface area (Å²) < 4.78 is 10.8. The summed E-state index contributed by atoms with van der Waals surface area (Å²) in [6, 6.07) is 0.376. The van der Waals surface area contributed by atoms with Crippen molar-refractivity contribution in [3.63, 3.8) is 0 Å². The second-order valence-electron chi connectivity index (χ2n) is 5.33. The van der Waals surface area contributed by atoms with E-state index in [2.05, 4.69) is 19.3 Å². The zero-order valence-electron chi connectivity index (χ0n) is 10.8. The number of hydrogen-bond donors (Lipinski definition) is 2. The van der Waals surface area contributed by atoms with E-state index < -0.39 is 0 Å². The van der Waals surface area contributed by atoms with Gasteiger partial charge in [-0.05, 0) is 45.4 Å². The Morgan fingerprint density at radius 1 is 1.56 bits per heavy atom. The van der Waals surface area contributed by atoms with Crippen LogP contribution in [0, 0.1) is 5.92 Å². The van der Waals surface area contributed by atoms with Crippen molar-refractivity contribution in [2.45, 2.75) is 51.2 Å². The van der Waals surface area contributed by atoms with Crippen molar-refractivity contribution in [1.29, 1.82) is 0 Å². The molecular formula is C12H26N2O2. The topological polar surface area (TPSA) is 56.5 Å². The van der Waals surface area contributed by atoms with Gasteiger partial charge in [0.05, 0.1) is 5.60 Å². The molecule has 96 valence electrons. The van der Waals surface area contributed by atoms with Gasteiger partial charge in [0.1, 0.15) is 0 Å². The van der Waals surface area contributed by atoms with Crippen molar-refractivity contribution in [1.82, 2.24) is 5.43 Å². The van der Waals surface area contributed by atoms with Gasteiger partial charge in [-0.2, -0.15) is 0 Å². The maximum Gasteiger partial charge on any atom is 0.0623 e. The summed E-state index contributed by atoms with van der Waals surface area (Å²) in [4.78, 5) is 0. The largest absolute Gasteiger partial charge is 0.381 e. The highest BCUT2D eigenvalue weighted by Crippen LogP contribution is 2.22. The van der Waals surface area contributed by atoms with Gasteiger partial charge in [-0.1, -0.05) is 0 Å². The van der Waals surface area contributed by atoms with E-state index in [-0.39, 0.29) is 5.60 Å². The first-order valence-corrected chi connectivity index (χ1v) is 6.16. The summed E-state index contributed by atoms with van der Waals surface area (Å²) in [6.45, 7) is 6.02. The van der Waals surface area contributed by atoms with Gasteiger partial charge in [0.15, 0.2) is 0 Å². The van der Waals surface area contributed by atoms with Crippen LogP contribution in [0.5, 0.6) is 0 Å². The minimum atomic E-state index is -0.0543. The Morgan fingerprint density at radius 2 is 2.31 bits per heavy atom. The maximum atomic E-state index is 5.59. The van der Waals surface area contributed by atoms with Crippen molar-refractivity contribution >= 4 is 0 Å². The highest BCUT2D eigenvalue weighted by atomic mass is 16.5. The predicted molar refractivity (Wildman–Crippen MR) is 65.0 cm³/mol. The predicted octanol–water partition coefficient (Wildman–Crippen LogP) is 1.45. The standard InChI is InChI=1S/C12H26N2O2/c1-12(2,15-3)6-4-11(14-13)8-10-5-7-16-9-10/h10-11,14H,4-9,13H2,1-3H3. The van der Waals surface area contributed by atoms with Crippen LogP contribution in [0.15, 0.2) is 0 Å². The molecule has 0 bridgehead atoms. The van der Waals surface area contributed by atoms with Gasteiger partial charge >= 0.3 is 0 Å². The van der Waals surface area contributed by atoms with E-state index in [1.165, 1.54) is 6.42 Å². The van der Waals surface area contributed by atoms with Crippen LogP contribution < -0.4 is 11.3 Å². The second-order valence-corrected chi connectivity index (χ2v) is 5.33. The maximum absolute atomic E-state index is 5.59. The number of nitrogens with one attached hydrogen (secondary N) is 1. The van der Waals surface area contributed by atoms with Crippen molar-refractivity contribution < 1.29 is 9.47 Å². The first-order chi connectivity index (χ1) is 7.57. The zero-order chi connectivity index (χ0) is 12.0. The summed E-state index contributed by atoms with van der Waals surface area (Å²) >= 11 is 0. The lowest BCUT2D eigenvalue weighted by Gasteiger charge is -2.26. The van der Waals surface area contributed by atoms with Gasteiger partial charge < -0.3 is 9.47 Å². The van der Waals surface area contributed by atoms with E-state index in [4.69, 9.17) is 15.3 Å². The summed E-state index contributed by atoms with van der Waals surface area (Å²) in [5, 5.41) is 0. The zero-order valence-corrected chi connectivity index (χ0v) is 10.8. The molecule has 0 spiro atoms. The van der Waals surface area contributed by atoms with E-state index in [1.54, 1.807) is 7.11 Å². The Kier molecular flexibility index (Phi) is 5.69. The third kappa shape index (κ3) is 4.78. The molecule has 1 fully saturated rings. The monoisotopic (exact) mass is 230 g/mol. The van der Waals surface area contributed by atoms with Crippen LogP contribution in [0.2, 0.25) is 0 Å². The number of hydrogen-bond acceptors (Lipinski definition) is 4. The Bertz CT molecular complexity index is 191. The second kappa shape index (κ2) is 6.55.